The standard InChI is InChI=1S/C28H37N3O3/c1-6-16-33-20-25(32)18-30(17-21(2)3)19-27-23(5)29-31(24-10-8-7-9-11-24)28(27)34-26-14-12-22(4)13-15-26/h6-15,21,25,32H,1,16-20H2,2-5H3. The van der Waals surface area contributed by atoms with E-state index in [0.717, 1.165) is 29.2 Å². The molecule has 1 unspecified atom stereocenters. The normalized spacial score (nSPS) is 12.3. The number of aliphatic hydroxyl groups is 1. The van der Waals surface area contributed by atoms with Crippen molar-refractivity contribution in [3.8, 4) is 17.3 Å². The maximum absolute atomic E-state index is 10.6. The minimum atomic E-state index is -0.593. The average Bonchev–Trinajstić information content (AvgIpc) is 3.10. The van der Waals surface area contributed by atoms with Crippen LogP contribution >= 0.6 is 0 Å². The van der Waals surface area contributed by atoms with Crippen molar-refractivity contribution in [2.75, 3.05) is 26.3 Å². The van der Waals surface area contributed by atoms with E-state index in [0.29, 0.717) is 31.5 Å². The molecule has 0 saturated carbocycles. The highest BCUT2D eigenvalue weighted by Gasteiger charge is 2.23. The van der Waals surface area contributed by atoms with Gasteiger partial charge in [-0.1, -0.05) is 55.8 Å². The summed E-state index contributed by atoms with van der Waals surface area (Å²) < 4.78 is 13.8. The molecule has 6 nitrogen and oxygen atoms in total. The van der Waals surface area contributed by atoms with Gasteiger partial charge in [-0.25, -0.2) is 4.68 Å². The van der Waals surface area contributed by atoms with E-state index in [4.69, 9.17) is 14.6 Å². The fourth-order valence-corrected chi connectivity index (χ4v) is 3.87. The van der Waals surface area contributed by atoms with E-state index < -0.39 is 6.10 Å². The van der Waals surface area contributed by atoms with Gasteiger partial charge in [0.1, 0.15) is 5.75 Å². The van der Waals surface area contributed by atoms with E-state index >= 15 is 0 Å². The summed E-state index contributed by atoms with van der Waals surface area (Å²) in [6, 6.07) is 18.0. The molecule has 2 aromatic carbocycles. The summed E-state index contributed by atoms with van der Waals surface area (Å²) in [5.41, 5.74) is 4.02. The van der Waals surface area contributed by atoms with Crippen molar-refractivity contribution in [1.82, 2.24) is 14.7 Å². The molecule has 0 aliphatic heterocycles. The number of aliphatic hydroxyl groups excluding tert-OH is 1. The molecule has 0 spiro atoms. The molecule has 6 heteroatoms. The highest BCUT2D eigenvalue weighted by Crippen LogP contribution is 2.32. The predicted octanol–water partition coefficient (Wildman–Crippen LogP) is 5.30. The number of aromatic nitrogens is 2. The van der Waals surface area contributed by atoms with Gasteiger partial charge in [0, 0.05) is 19.6 Å². The molecule has 1 N–H and O–H groups in total. The topological polar surface area (TPSA) is 59.8 Å². The van der Waals surface area contributed by atoms with Crippen LogP contribution in [0.5, 0.6) is 11.6 Å². The zero-order valence-electron chi connectivity index (χ0n) is 20.8. The molecule has 0 fully saturated rings. The number of hydrogen-bond acceptors (Lipinski definition) is 5. The van der Waals surface area contributed by atoms with Crippen LogP contribution < -0.4 is 4.74 Å². The van der Waals surface area contributed by atoms with E-state index in [-0.39, 0.29) is 6.61 Å². The molecule has 1 heterocycles. The molecular formula is C28H37N3O3. The summed E-state index contributed by atoms with van der Waals surface area (Å²) in [7, 11) is 0. The van der Waals surface area contributed by atoms with Crippen molar-refractivity contribution in [3.05, 3.63) is 84.1 Å². The first-order valence-corrected chi connectivity index (χ1v) is 11.8. The Kier molecular flexibility index (Phi) is 9.45. The van der Waals surface area contributed by atoms with Crippen LogP contribution in [-0.4, -0.2) is 52.2 Å². The molecule has 182 valence electrons. The Morgan fingerprint density at radius 2 is 1.76 bits per heavy atom. The lowest BCUT2D eigenvalue weighted by molar-refractivity contribution is 0.0222. The predicted molar refractivity (Wildman–Crippen MR) is 137 cm³/mol. The minimum Gasteiger partial charge on any atom is -0.439 e. The van der Waals surface area contributed by atoms with E-state index in [2.05, 4.69) is 32.3 Å². The fraction of sp³-hybridized carbons (Fsp3) is 0.393. The second kappa shape index (κ2) is 12.5. The summed E-state index contributed by atoms with van der Waals surface area (Å²) >= 11 is 0. The first-order chi connectivity index (χ1) is 16.4. The van der Waals surface area contributed by atoms with Gasteiger partial charge in [0.25, 0.3) is 0 Å². The number of aryl methyl sites for hydroxylation is 2. The van der Waals surface area contributed by atoms with Gasteiger partial charge >= 0.3 is 0 Å². The van der Waals surface area contributed by atoms with Crippen LogP contribution in [-0.2, 0) is 11.3 Å². The quantitative estimate of drug-likeness (QED) is 0.275. The maximum Gasteiger partial charge on any atom is 0.227 e. The third kappa shape index (κ3) is 7.29. The third-order valence-electron chi connectivity index (χ3n) is 5.39. The van der Waals surface area contributed by atoms with Crippen LogP contribution in [0.4, 0.5) is 0 Å². The second-order valence-corrected chi connectivity index (χ2v) is 9.10. The van der Waals surface area contributed by atoms with Crippen LogP contribution in [0.3, 0.4) is 0 Å². The largest absolute Gasteiger partial charge is 0.439 e. The molecule has 0 aliphatic rings. The zero-order valence-corrected chi connectivity index (χ0v) is 20.8. The maximum atomic E-state index is 10.6. The summed E-state index contributed by atoms with van der Waals surface area (Å²) in [4.78, 5) is 2.24. The number of ether oxygens (including phenoxy) is 2. The van der Waals surface area contributed by atoms with Crippen LogP contribution in [0.25, 0.3) is 5.69 Å². The molecular weight excluding hydrogens is 426 g/mol. The van der Waals surface area contributed by atoms with Gasteiger partial charge in [-0.2, -0.15) is 5.10 Å². The average molecular weight is 464 g/mol. The van der Waals surface area contributed by atoms with E-state index in [1.54, 1.807) is 6.08 Å². The highest BCUT2D eigenvalue weighted by atomic mass is 16.5. The van der Waals surface area contributed by atoms with Gasteiger partial charge in [0.2, 0.25) is 5.88 Å². The molecule has 0 amide bonds. The van der Waals surface area contributed by atoms with Crippen LogP contribution in [0.15, 0.2) is 67.3 Å². The van der Waals surface area contributed by atoms with Crippen LogP contribution in [0, 0.1) is 19.8 Å². The van der Waals surface area contributed by atoms with Crippen molar-refractivity contribution < 1.29 is 14.6 Å². The van der Waals surface area contributed by atoms with Gasteiger partial charge in [-0.15, -0.1) is 6.58 Å². The molecule has 1 aromatic heterocycles. The minimum absolute atomic E-state index is 0.273. The Morgan fingerprint density at radius 3 is 2.41 bits per heavy atom. The molecule has 0 aliphatic carbocycles. The lowest BCUT2D eigenvalue weighted by Gasteiger charge is -2.27. The first kappa shape index (κ1) is 25.7. The van der Waals surface area contributed by atoms with E-state index in [1.807, 2.05) is 66.2 Å². The highest BCUT2D eigenvalue weighted by molar-refractivity contribution is 5.43. The number of benzene rings is 2. The molecule has 0 bridgehead atoms. The fourth-order valence-electron chi connectivity index (χ4n) is 3.87. The lowest BCUT2D eigenvalue weighted by Crippen LogP contribution is -2.37. The molecule has 1 atom stereocenters. The number of rotatable bonds is 13. The SMILES string of the molecule is C=CCOCC(O)CN(Cc1c(C)nn(-c2ccccc2)c1Oc1ccc(C)cc1)CC(C)C. The van der Waals surface area contributed by atoms with Gasteiger partial charge in [-0.3, -0.25) is 4.90 Å². The Labute approximate surface area is 203 Å². The number of para-hydroxylation sites is 1. The van der Waals surface area contributed by atoms with Gasteiger partial charge in [0.15, 0.2) is 0 Å². The molecule has 0 radical (unpaired) electrons. The summed E-state index contributed by atoms with van der Waals surface area (Å²) in [6.07, 6.45) is 1.10. The zero-order chi connectivity index (χ0) is 24.5. The number of nitrogens with zero attached hydrogens (tertiary/aromatic N) is 3. The van der Waals surface area contributed by atoms with Gasteiger partial charge in [-0.05, 0) is 44.0 Å². The van der Waals surface area contributed by atoms with E-state index in [1.165, 1.54) is 5.56 Å². The van der Waals surface area contributed by atoms with Crippen molar-refractivity contribution in [2.45, 2.75) is 40.3 Å². The second-order valence-electron chi connectivity index (χ2n) is 9.10. The van der Waals surface area contributed by atoms with E-state index in [9.17, 15) is 5.11 Å². The molecule has 0 saturated heterocycles. The molecule has 3 rings (SSSR count). The number of hydrogen-bond donors (Lipinski definition) is 1. The Hall–Kier alpha value is -2.93. The molecule has 3 aromatic rings. The van der Waals surface area contributed by atoms with Crippen LogP contribution in [0.2, 0.25) is 0 Å². The van der Waals surface area contributed by atoms with Gasteiger partial charge < -0.3 is 14.6 Å². The summed E-state index contributed by atoms with van der Waals surface area (Å²) in [5, 5.41) is 15.4. The Balaban J connectivity index is 1.93. The first-order valence-electron chi connectivity index (χ1n) is 11.8. The summed E-state index contributed by atoms with van der Waals surface area (Å²) in [6.45, 7) is 14.7. The smallest absolute Gasteiger partial charge is 0.227 e. The Bertz CT molecular complexity index is 1030. The van der Waals surface area contributed by atoms with Crippen molar-refractivity contribution in [2.24, 2.45) is 5.92 Å². The van der Waals surface area contributed by atoms with Crippen LogP contribution in [0.1, 0.15) is 30.7 Å². The van der Waals surface area contributed by atoms with Crippen molar-refractivity contribution in [3.63, 3.8) is 0 Å². The van der Waals surface area contributed by atoms with Gasteiger partial charge in [0.05, 0.1) is 36.3 Å². The van der Waals surface area contributed by atoms with Crippen molar-refractivity contribution in [1.29, 1.82) is 0 Å². The summed E-state index contributed by atoms with van der Waals surface area (Å²) in [5.74, 6) is 1.89. The monoisotopic (exact) mass is 463 g/mol. The van der Waals surface area contributed by atoms with Crippen molar-refractivity contribution >= 4 is 0 Å². The molecule has 34 heavy (non-hydrogen) atoms. The Morgan fingerprint density at radius 1 is 1.06 bits per heavy atom. The lowest BCUT2D eigenvalue weighted by atomic mass is 10.1. The third-order valence-corrected chi connectivity index (χ3v) is 5.39.